The molecule has 2 aliphatic rings. The molecule has 1 fully saturated rings. The van der Waals surface area contributed by atoms with Crippen molar-refractivity contribution in [2.75, 3.05) is 0 Å². The number of fused-ring (bicyclic) bond motifs is 1. The first kappa shape index (κ1) is 4.37. The fourth-order valence-electron chi connectivity index (χ4n) is 1.53. The van der Waals surface area contributed by atoms with Gasteiger partial charge in [-0.05, 0) is 31.3 Å². The van der Waals surface area contributed by atoms with Crippen molar-refractivity contribution in [2.24, 2.45) is 5.92 Å². The molecule has 0 aromatic carbocycles. The molecule has 41 valence electrons. The van der Waals surface area contributed by atoms with Crippen molar-refractivity contribution >= 4 is 0 Å². The minimum Gasteiger partial charge on any atom is -0.0767 e. The van der Waals surface area contributed by atoms with Gasteiger partial charge in [0.15, 0.2) is 0 Å². The number of hydrogen-bond acceptors (Lipinski definition) is 0. The second kappa shape index (κ2) is 1.48. The highest BCUT2D eigenvalue weighted by atomic mass is 14.2. The monoisotopic (exact) mass is 105 g/mol. The Morgan fingerprint density at radius 2 is 2.62 bits per heavy atom. The third kappa shape index (κ3) is 0.459. The third-order valence-electron chi connectivity index (χ3n) is 2.01. The SMILES string of the molecule is [C]1=C2CCCC2C=C1. The first-order valence-electron chi connectivity index (χ1n) is 3.26. The van der Waals surface area contributed by atoms with Crippen LogP contribution >= 0.6 is 0 Å². The van der Waals surface area contributed by atoms with E-state index in [0.717, 1.165) is 5.92 Å². The van der Waals surface area contributed by atoms with Crippen molar-refractivity contribution in [3.8, 4) is 0 Å². The van der Waals surface area contributed by atoms with Crippen LogP contribution in [0.2, 0.25) is 0 Å². The summed E-state index contributed by atoms with van der Waals surface area (Å²) >= 11 is 0. The molecule has 1 atom stereocenters. The molecule has 1 radical (unpaired) electrons. The van der Waals surface area contributed by atoms with Crippen LogP contribution in [0.4, 0.5) is 0 Å². The fourth-order valence-corrected chi connectivity index (χ4v) is 1.53. The normalized spacial score (nSPS) is 33.0. The van der Waals surface area contributed by atoms with Crippen LogP contribution in [0.3, 0.4) is 0 Å². The molecule has 0 aliphatic heterocycles. The summed E-state index contributed by atoms with van der Waals surface area (Å²) in [4.78, 5) is 0. The molecule has 0 saturated heterocycles. The van der Waals surface area contributed by atoms with E-state index in [0.29, 0.717) is 0 Å². The van der Waals surface area contributed by atoms with Crippen molar-refractivity contribution in [3.63, 3.8) is 0 Å². The predicted molar refractivity (Wildman–Crippen MR) is 33.2 cm³/mol. The van der Waals surface area contributed by atoms with Crippen LogP contribution in [0.1, 0.15) is 19.3 Å². The maximum Gasteiger partial charge on any atom is -0.00106 e. The molecule has 8 heavy (non-hydrogen) atoms. The van der Waals surface area contributed by atoms with Gasteiger partial charge in [-0.2, -0.15) is 0 Å². The van der Waals surface area contributed by atoms with Gasteiger partial charge in [0, 0.05) is 0 Å². The quantitative estimate of drug-likeness (QED) is 0.442. The zero-order chi connectivity index (χ0) is 5.40. The largest absolute Gasteiger partial charge is 0.0767 e. The summed E-state index contributed by atoms with van der Waals surface area (Å²) in [6.45, 7) is 0. The topological polar surface area (TPSA) is 0 Å². The van der Waals surface area contributed by atoms with Gasteiger partial charge in [-0.1, -0.05) is 17.7 Å². The van der Waals surface area contributed by atoms with E-state index in [1.807, 2.05) is 0 Å². The van der Waals surface area contributed by atoms with E-state index in [-0.39, 0.29) is 0 Å². The number of allylic oxidation sites excluding steroid dienone is 4. The summed E-state index contributed by atoms with van der Waals surface area (Å²) in [6.07, 6.45) is 11.7. The van der Waals surface area contributed by atoms with Crippen LogP contribution in [0, 0.1) is 12.0 Å². The maximum atomic E-state index is 3.25. The number of rotatable bonds is 0. The standard InChI is InChI=1S/C8H9/c1-3-7-5-2-6-8(7)4-1/h1,3,7H,2,5-6H2. The lowest BCUT2D eigenvalue weighted by Gasteiger charge is -1.96. The molecule has 1 unspecified atom stereocenters. The lowest BCUT2D eigenvalue weighted by atomic mass is 10.1. The van der Waals surface area contributed by atoms with E-state index in [9.17, 15) is 0 Å². The Balaban J connectivity index is 2.29. The first-order chi connectivity index (χ1) is 3.97. The molecule has 0 heteroatoms. The lowest BCUT2D eigenvalue weighted by Crippen LogP contribution is -1.84. The summed E-state index contributed by atoms with van der Waals surface area (Å²) in [5.74, 6) is 0.801. The molecule has 0 bridgehead atoms. The summed E-state index contributed by atoms with van der Waals surface area (Å²) in [6, 6.07) is 0. The second-order valence-electron chi connectivity index (χ2n) is 2.53. The van der Waals surface area contributed by atoms with Crippen molar-refractivity contribution in [2.45, 2.75) is 19.3 Å². The molecule has 0 N–H and O–H groups in total. The zero-order valence-electron chi connectivity index (χ0n) is 4.85. The van der Waals surface area contributed by atoms with Crippen molar-refractivity contribution in [1.29, 1.82) is 0 Å². The Bertz CT molecular complexity index is 151. The smallest absolute Gasteiger partial charge is 0.00106 e. The molecule has 0 heterocycles. The fraction of sp³-hybridized carbons (Fsp3) is 0.500. The molecule has 0 amide bonds. The van der Waals surface area contributed by atoms with Crippen molar-refractivity contribution < 1.29 is 0 Å². The van der Waals surface area contributed by atoms with Crippen LogP contribution in [-0.4, -0.2) is 0 Å². The minimum absolute atomic E-state index is 0.801. The molecule has 0 aromatic rings. The molecular formula is C8H9. The van der Waals surface area contributed by atoms with Gasteiger partial charge in [-0.3, -0.25) is 0 Å². The third-order valence-corrected chi connectivity index (χ3v) is 2.01. The second-order valence-corrected chi connectivity index (χ2v) is 2.53. The molecular weight excluding hydrogens is 96.1 g/mol. The Kier molecular flexibility index (Phi) is 0.806. The molecule has 0 aromatic heterocycles. The Morgan fingerprint density at radius 1 is 1.62 bits per heavy atom. The van der Waals surface area contributed by atoms with Gasteiger partial charge in [-0.25, -0.2) is 0 Å². The van der Waals surface area contributed by atoms with Crippen molar-refractivity contribution in [1.82, 2.24) is 0 Å². The Morgan fingerprint density at radius 3 is 3.50 bits per heavy atom. The van der Waals surface area contributed by atoms with E-state index in [2.05, 4.69) is 18.2 Å². The first-order valence-corrected chi connectivity index (χ1v) is 3.26. The van der Waals surface area contributed by atoms with Gasteiger partial charge >= 0.3 is 0 Å². The van der Waals surface area contributed by atoms with E-state index < -0.39 is 0 Å². The summed E-state index contributed by atoms with van der Waals surface area (Å²) in [7, 11) is 0. The van der Waals surface area contributed by atoms with Gasteiger partial charge in [0.1, 0.15) is 0 Å². The van der Waals surface area contributed by atoms with Crippen LogP contribution in [0.5, 0.6) is 0 Å². The Labute approximate surface area is 49.9 Å². The highest BCUT2D eigenvalue weighted by Gasteiger charge is 2.19. The highest BCUT2D eigenvalue weighted by molar-refractivity contribution is 5.25. The lowest BCUT2D eigenvalue weighted by molar-refractivity contribution is 0.772. The van der Waals surface area contributed by atoms with Crippen molar-refractivity contribution in [3.05, 3.63) is 23.8 Å². The highest BCUT2D eigenvalue weighted by Crippen LogP contribution is 2.34. The number of hydrogen-bond donors (Lipinski definition) is 0. The molecule has 2 rings (SSSR count). The summed E-state index contributed by atoms with van der Waals surface area (Å²) < 4.78 is 0. The average Bonchev–Trinajstić information content (AvgIpc) is 2.15. The Hall–Kier alpha value is -0.520. The van der Waals surface area contributed by atoms with E-state index in [4.69, 9.17) is 0 Å². The summed E-state index contributed by atoms with van der Waals surface area (Å²) in [5, 5.41) is 0. The minimum atomic E-state index is 0.801. The molecule has 0 nitrogen and oxygen atoms in total. The summed E-state index contributed by atoms with van der Waals surface area (Å²) in [5.41, 5.74) is 1.55. The van der Waals surface area contributed by atoms with Crippen LogP contribution in [-0.2, 0) is 0 Å². The molecule has 2 aliphatic carbocycles. The van der Waals surface area contributed by atoms with Gasteiger partial charge < -0.3 is 0 Å². The maximum absolute atomic E-state index is 3.25. The van der Waals surface area contributed by atoms with Crippen LogP contribution < -0.4 is 0 Å². The van der Waals surface area contributed by atoms with Crippen LogP contribution in [0.25, 0.3) is 0 Å². The van der Waals surface area contributed by atoms with Gasteiger partial charge in [0.25, 0.3) is 0 Å². The van der Waals surface area contributed by atoms with Gasteiger partial charge in [0.05, 0.1) is 0 Å². The molecule has 0 spiro atoms. The average molecular weight is 105 g/mol. The van der Waals surface area contributed by atoms with E-state index >= 15 is 0 Å². The van der Waals surface area contributed by atoms with Gasteiger partial charge in [-0.15, -0.1) is 0 Å². The van der Waals surface area contributed by atoms with Gasteiger partial charge in [0.2, 0.25) is 0 Å². The molecule has 1 saturated carbocycles. The van der Waals surface area contributed by atoms with Crippen LogP contribution in [0.15, 0.2) is 17.7 Å². The zero-order valence-corrected chi connectivity index (χ0v) is 4.85. The predicted octanol–water partition coefficient (Wildman–Crippen LogP) is 2.09. The van der Waals surface area contributed by atoms with E-state index in [1.165, 1.54) is 19.3 Å². The van der Waals surface area contributed by atoms with E-state index in [1.54, 1.807) is 5.57 Å².